The predicted molar refractivity (Wildman–Crippen MR) is 115 cm³/mol. The molecule has 2 saturated heterocycles. The van der Waals surface area contributed by atoms with Crippen molar-refractivity contribution in [1.29, 1.82) is 0 Å². The fraction of sp³-hybridized carbons (Fsp3) is 0.455. The van der Waals surface area contributed by atoms with Gasteiger partial charge in [0.1, 0.15) is 5.82 Å². The number of benzene rings is 1. The molecule has 2 fully saturated rings. The van der Waals surface area contributed by atoms with Crippen LogP contribution in [0.4, 0.5) is 5.82 Å². The van der Waals surface area contributed by atoms with Gasteiger partial charge in [-0.1, -0.05) is 24.3 Å². The second-order valence-corrected chi connectivity index (χ2v) is 9.87. The first-order chi connectivity index (χ1) is 14.5. The van der Waals surface area contributed by atoms with Gasteiger partial charge in [0, 0.05) is 44.8 Å². The van der Waals surface area contributed by atoms with Crippen molar-refractivity contribution in [2.45, 2.75) is 37.1 Å². The molecule has 1 amide bonds. The Morgan fingerprint density at radius 1 is 1.00 bits per heavy atom. The van der Waals surface area contributed by atoms with E-state index in [1.54, 1.807) is 30.3 Å². The lowest BCUT2D eigenvalue weighted by molar-refractivity contribution is -0.126. The van der Waals surface area contributed by atoms with Crippen molar-refractivity contribution in [3.63, 3.8) is 0 Å². The Hall–Kier alpha value is -2.45. The SMILES string of the molecule is O=C(NCc1ccc(N2CCCC2)nc1)C1CCN(S(=O)(=O)c2ccccc2)CC1. The first-order valence-electron chi connectivity index (χ1n) is 10.6. The van der Waals surface area contributed by atoms with E-state index in [0.717, 1.165) is 24.5 Å². The quantitative estimate of drug-likeness (QED) is 0.764. The van der Waals surface area contributed by atoms with Gasteiger partial charge < -0.3 is 10.2 Å². The molecule has 1 aromatic carbocycles. The number of rotatable bonds is 6. The van der Waals surface area contributed by atoms with Crippen molar-refractivity contribution in [3.8, 4) is 0 Å². The van der Waals surface area contributed by atoms with E-state index >= 15 is 0 Å². The number of carbonyl (C=O) groups excluding carboxylic acids is 1. The summed E-state index contributed by atoms with van der Waals surface area (Å²) in [4.78, 5) is 19.7. The van der Waals surface area contributed by atoms with Crippen LogP contribution in [0, 0.1) is 5.92 Å². The normalized spacial score (nSPS) is 18.5. The van der Waals surface area contributed by atoms with E-state index in [4.69, 9.17) is 0 Å². The van der Waals surface area contributed by atoms with Crippen molar-refractivity contribution in [2.24, 2.45) is 5.92 Å². The fourth-order valence-electron chi connectivity index (χ4n) is 4.09. The number of piperidine rings is 1. The minimum Gasteiger partial charge on any atom is -0.357 e. The number of nitrogens with one attached hydrogen (secondary N) is 1. The highest BCUT2D eigenvalue weighted by Gasteiger charge is 2.31. The van der Waals surface area contributed by atoms with E-state index < -0.39 is 10.0 Å². The highest BCUT2D eigenvalue weighted by Crippen LogP contribution is 2.24. The molecule has 2 aliphatic heterocycles. The van der Waals surface area contributed by atoms with Gasteiger partial charge in [0.25, 0.3) is 0 Å². The molecule has 8 heteroatoms. The summed E-state index contributed by atoms with van der Waals surface area (Å²) in [6, 6.07) is 12.5. The summed E-state index contributed by atoms with van der Waals surface area (Å²) < 4.78 is 26.9. The molecule has 7 nitrogen and oxygen atoms in total. The summed E-state index contributed by atoms with van der Waals surface area (Å²) in [5.41, 5.74) is 0.968. The summed E-state index contributed by atoms with van der Waals surface area (Å²) in [6.45, 7) is 3.28. The van der Waals surface area contributed by atoms with Crippen LogP contribution in [0.1, 0.15) is 31.2 Å². The Balaban J connectivity index is 1.26. The van der Waals surface area contributed by atoms with Gasteiger partial charge in [-0.2, -0.15) is 4.31 Å². The second-order valence-electron chi connectivity index (χ2n) is 7.93. The lowest BCUT2D eigenvalue weighted by Gasteiger charge is -2.30. The lowest BCUT2D eigenvalue weighted by Crippen LogP contribution is -2.42. The molecule has 0 spiro atoms. The van der Waals surface area contributed by atoms with Crippen LogP contribution in [0.3, 0.4) is 0 Å². The van der Waals surface area contributed by atoms with Crippen molar-refractivity contribution in [2.75, 3.05) is 31.1 Å². The third-order valence-electron chi connectivity index (χ3n) is 5.91. The molecule has 3 heterocycles. The highest BCUT2D eigenvalue weighted by atomic mass is 32.2. The Morgan fingerprint density at radius 2 is 1.70 bits per heavy atom. The average Bonchev–Trinajstić information content (AvgIpc) is 3.33. The predicted octanol–water partition coefficient (Wildman–Crippen LogP) is 2.40. The number of sulfonamides is 1. The zero-order valence-electron chi connectivity index (χ0n) is 17.0. The van der Waals surface area contributed by atoms with E-state index in [0.29, 0.717) is 37.4 Å². The van der Waals surface area contributed by atoms with Crippen LogP contribution < -0.4 is 10.2 Å². The van der Waals surface area contributed by atoms with Crippen molar-refractivity contribution < 1.29 is 13.2 Å². The fourth-order valence-corrected chi connectivity index (χ4v) is 5.58. The Bertz CT molecular complexity index is 950. The third-order valence-corrected chi connectivity index (χ3v) is 7.82. The molecule has 30 heavy (non-hydrogen) atoms. The van der Waals surface area contributed by atoms with Gasteiger partial charge in [-0.3, -0.25) is 4.79 Å². The molecule has 0 radical (unpaired) electrons. The molecule has 0 atom stereocenters. The van der Waals surface area contributed by atoms with Gasteiger partial charge in [0.05, 0.1) is 4.90 Å². The van der Waals surface area contributed by atoms with Crippen LogP contribution in [0.2, 0.25) is 0 Å². The third kappa shape index (κ3) is 4.65. The van der Waals surface area contributed by atoms with E-state index in [2.05, 4.69) is 15.2 Å². The molecule has 0 aliphatic carbocycles. The number of amides is 1. The first kappa shape index (κ1) is 20.8. The van der Waals surface area contributed by atoms with Crippen molar-refractivity contribution in [1.82, 2.24) is 14.6 Å². The van der Waals surface area contributed by atoms with Gasteiger partial charge >= 0.3 is 0 Å². The molecule has 2 aliphatic rings. The van der Waals surface area contributed by atoms with Crippen molar-refractivity contribution in [3.05, 3.63) is 54.2 Å². The number of hydrogen-bond acceptors (Lipinski definition) is 5. The van der Waals surface area contributed by atoms with Gasteiger partial charge in [0.15, 0.2) is 0 Å². The number of hydrogen-bond donors (Lipinski definition) is 1. The molecule has 1 aromatic heterocycles. The second kappa shape index (κ2) is 9.14. The summed E-state index contributed by atoms with van der Waals surface area (Å²) in [6.07, 6.45) is 5.31. The maximum Gasteiger partial charge on any atom is 0.243 e. The van der Waals surface area contributed by atoms with Gasteiger partial charge in [-0.05, 0) is 49.4 Å². The molecule has 4 rings (SSSR count). The van der Waals surface area contributed by atoms with Crippen molar-refractivity contribution >= 4 is 21.7 Å². The zero-order chi connectivity index (χ0) is 21.0. The molecule has 0 unspecified atom stereocenters. The first-order valence-corrected chi connectivity index (χ1v) is 12.0. The molecule has 160 valence electrons. The van der Waals surface area contributed by atoms with E-state index in [-0.39, 0.29) is 11.8 Å². The maximum absolute atomic E-state index is 12.7. The number of pyridine rings is 1. The zero-order valence-corrected chi connectivity index (χ0v) is 17.9. The largest absolute Gasteiger partial charge is 0.357 e. The van der Waals surface area contributed by atoms with Gasteiger partial charge in [0.2, 0.25) is 15.9 Å². The molecular weight excluding hydrogens is 400 g/mol. The van der Waals surface area contributed by atoms with Crippen LogP contribution in [0.15, 0.2) is 53.6 Å². The molecule has 0 saturated carbocycles. The number of aromatic nitrogens is 1. The topological polar surface area (TPSA) is 82.6 Å². The molecule has 0 bridgehead atoms. The van der Waals surface area contributed by atoms with Crippen LogP contribution in [0.25, 0.3) is 0 Å². The van der Waals surface area contributed by atoms with Crippen LogP contribution in [0.5, 0.6) is 0 Å². The summed E-state index contributed by atoms with van der Waals surface area (Å²) >= 11 is 0. The maximum atomic E-state index is 12.7. The van der Waals surface area contributed by atoms with E-state index in [1.165, 1.54) is 17.1 Å². The summed E-state index contributed by atoms with van der Waals surface area (Å²) in [5, 5.41) is 2.98. The molecular formula is C22H28N4O3S. The van der Waals surface area contributed by atoms with Gasteiger partial charge in [-0.25, -0.2) is 13.4 Å². The van der Waals surface area contributed by atoms with E-state index in [1.807, 2.05) is 18.3 Å². The smallest absolute Gasteiger partial charge is 0.243 e. The van der Waals surface area contributed by atoms with Crippen LogP contribution in [-0.2, 0) is 21.4 Å². The van der Waals surface area contributed by atoms with Gasteiger partial charge in [-0.15, -0.1) is 0 Å². The van der Waals surface area contributed by atoms with Crippen LogP contribution >= 0.6 is 0 Å². The summed E-state index contributed by atoms with van der Waals surface area (Å²) in [5.74, 6) is 0.814. The number of anilines is 1. The highest BCUT2D eigenvalue weighted by molar-refractivity contribution is 7.89. The Morgan fingerprint density at radius 3 is 2.33 bits per heavy atom. The van der Waals surface area contributed by atoms with Crippen LogP contribution in [-0.4, -0.2) is 49.8 Å². The minimum absolute atomic E-state index is 0.0182. The number of nitrogens with zero attached hydrogens (tertiary/aromatic N) is 3. The van der Waals surface area contributed by atoms with E-state index in [9.17, 15) is 13.2 Å². The average molecular weight is 429 g/mol. The number of carbonyl (C=O) groups is 1. The standard InChI is InChI=1S/C22H28N4O3S/c27-22(24-17-18-8-9-21(23-16-18)25-12-4-5-13-25)19-10-14-26(15-11-19)30(28,29)20-6-2-1-3-7-20/h1-3,6-9,16,19H,4-5,10-15,17H2,(H,24,27). The Kier molecular flexibility index (Phi) is 6.34. The molecule has 2 aromatic rings. The monoisotopic (exact) mass is 428 g/mol. The Labute approximate surface area is 178 Å². The molecule has 1 N–H and O–H groups in total. The lowest BCUT2D eigenvalue weighted by atomic mass is 9.97. The minimum atomic E-state index is -3.49. The summed E-state index contributed by atoms with van der Waals surface area (Å²) in [7, 11) is -3.49.